The second kappa shape index (κ2) is 8.99. The quantitative estimate of drug-likeness (QED) is 0.427. The molecule has 2 fully saturated rings. The highest BCUT2D eigenvalue weighted by Crippen LogP contribution is 2.39. The number of aliphatic hydroxyl groups is 1. The molecule has 0 unspecified atom stereocenters. The number of pyridine rings is 1. The summed E-state index contributed by atoms with van der Waals surface area (Å²) in [7, 11) is 0. The summed E-state index contributed by atoms with van der Waals surface area (Å²) < 4.78 is 5.41. The van der Waals surface area contributed by atoms with Crippen LogP contribution < -0.4 is 4.90 Å². The lowest BCUT2D eigenvalue weighted by Gasteiger charge is -2.29. The number of aromatic nitrogens is 1. The Balaban J connectivity index is 1.75. The van der Waals surface area contributed by atoms with Gasteiger partial charge in [0.25, 0.3) is 11.7 Å². The average Bonchev–Trinajstić information content (AvgIpc) is 3.05. The van der Waals surface area contributed by atoms with Crippen molar-refractivity contribution in [3.8, 4) is 0 Å². The number of aryl methyl sites for hydroxylation is 2. The van der Waals surface area contributed by atoms with Gasteiger partial charge in [-0.2, -0.15) is 0 Å². The Morgan fingerprint density at radius 2 is 2.00 bits per heavy atom. The first kappa shape index (κ1) is 21.2. The van der Waals surface area contributed by atoms with Gasteiger partial charge >= 0.3 is 0 Å². The Bertz CT molecular complexity index is 1010. The number of carbonyl (C=O) groups is 2. The van der Waals surface area contributed by atoms with E-state index in [4.69, 9.17) is 4.74 Å². The molecular weight excluding hydrogens is 394 g/mol. The van der Waals surface area contributed by atoms with Crippen molar-refractivity contribution in [2.24, 2.45) is 0 Å². The van der Waals surface area contributed by atoms with Gasteiger partial charge in [-0.3, -0.25) is 14.6 Å². The molecule has 0 saturated carbocycles. The molecule has 1 amide bonds. The number of morpholine rings is 1. The molecule has 0 radical (unpaired) electrons. The lowest BCUT2D eigenvalue weighted by Crippen LogP contribution is -3.14. The van der Waals surface area contributed by atoms with Crippen molar-refractivity contribution in [1.82, 2.24) is 9.88 Å². The molecule has 162 valence electrons. The average molecular weight is 423 g/mol. The number of amides is 1. The third-order valence-electron chi connectivity index (χ3n) is 6.09. The van der Waals surface area contributed by atoms with Gasteiger partial charge in [-0.1, -0.05) is 23.8 Å². The van der Waals surface area contributed by atoms with Crippen molar-refractivity contribution in [3.05, 3.63) is 70.6 Å². The number of likely N-dealkylation sites (tertiary alicyclic amines) is 1. The van der Waals surface area contributed by atoms with Crippen molar-refractivity contribution in [1.29, 1.82) is 0 Å². The number of nitrogens with zero attached hydrogens (tertiary/aromatic N) is 2. The third-order valence-corrected chi connectivity index (χ3v) is 6.09. The second-order valence-electron chi connectivity index (χ2n) is 8.21. The molecule has 2 saturated heterocycles. The molecular formula is C24H28N3O4+. The molecule has 2 aromatic rings. The highest BCUT2D eigenvalue weighted by atomic mass is 16.5. The number of rotatable bonds is 5. The summed E-state index contributed by atoms with van der Waals surface area (Å²) in [6.07, 6.45) is 3.31. The van der Waals surface area contributed by atoms with Crippen LogP contribution in [0.4, 0.5) is 0 Å². The number of aliphatic hydroxyl groups excluding tert-OH is 1. The molecule has 2 aliphatic heterocycles. The van der Waals surface area contributed by atoms with Gasteiger partial charge < -0.3 is 19.6 Å². The molecule has 4 rings (SSSR count). The Kier molecular flexibility index (Phi) is 6.15. The van der Waals surface area contributed by atoms with Crippen LogP contribution in [0.2, 0.25) is 0 Å². The fourth-order valence-corrected chi connectivity index (χ4v) is 4.32. The van der Waals surface area contributed by atoms with Gasteiger partial charge in [0.1, 0.15) is 18.8 Å². The first-order valence-corrected chi connectivity index (χ1v) is 10.6. The summed E-state index contributed by atoms with van der Waals surface area (Å²) in [5.41, 5.74) is 3.23. The summed E-state index contributed by atoms with van der Waals surface area (Å²) in [6.45, 7) is 8.11. The number of quaternary nitrogens is 1. The van der Waals surface area contributed by atoms with Crippen molar-refractivity contribution in [2.45, 2.75) is 19.9 Å². The molecule has 3 heterocycles. The van der Waals surface area contributed by atoms with E-state index < -0.39 is 17.7 Å². The maximum absolute atomic E-state index is 13.1. The molecule has 1 aromatic carbocycles. The number of nitrogens with one attached hydrogen (secondary N) is 1. The molecule has 7 heteroatoms. The van der Waals surface area contributed by atoms with Gasteiger partial charge in [0.05, 0.1) is 37.9 Å². The number of ketones is 1. The first-order valence-electron chi connectivity index (χ1n) is 10.6. The molecule has 0 aliphatic carbocycles. The van der Waals surface area contributed by atoms with Crippen molar-refractivity contribution < 1.29 is 24.3 Å². The van der Waals surface area contributed by atoms with E-state index in [1.54, 1.807) is 23.4 Å². The van der Waals surface area contributed by atoms with E-state index in [1.165, 1.54) is 4.90 Å². The van der Waals surface area contributed by atoms with Crippen LogP contribution >= 0.6 is 0 Å². The molecule has 7 nitrogen and oxygen atoms in total. The molecule has 2 aliphatic rings. The molecule has 0 spiro atoms. The van der Waals surface area contributed by atoms with Crippen LogP contribution in [-0.4, -0.2) is 66.1 Å². The summed E-state index contributed by atoms with van der Waals surface area (Å²) in [4.78, 5) is 33.3. The van der Waals surface area contributed by atoms with Crippen LogP contribution in [0, 0.1) is 13.8 Å². The summed E-state index contributed by atoms with van der Waals surface area (Å²) in [5, 5.41) is 11.2. The van der Waals surface area contributed by atoms with Crippen molar-refractivity contribution in [2.75, 3.05) is 39.4 Å². The van der Waals surface area contributed by atoms with Crippen LogP contribution in [0.3, 0.4) is 0 Å². The van der Waals surface area contributed by atoms with Crippen LogP contribution in [-0.2, 0) is 14.3 Å². The first-order chi connectivity index (χ1) is 15.0. The van der Waals surface area contributed by atoms with Crippen LogP contribution in [0.1, 0.15) is 28.3 Å². The molecule has 2 N–H and O–H groups in total. The zero-order valence-electron chi connectivity index (χ0n) is 17.9. The Morgan fingerprint density at radius 3 is 2.71 bits per heavy atom. The standard InChI is InChI=1S/C24H27N3O4/c1-16-5-6-17(2)19(14-16)22(28)20-21(18-4-3-7-25-15-18)27(24(30)23(20)29)9-8-26-10-12-31-13-11-26/h3-7,14-15,21,28H,8-13H2,1-2H3/p+1/t21-/m1/s1. The Labute approximate surface area is 182 Å². The molecule has 1 aromatic heterocycles. The fourth-order valence-electron chi connectivity index (χ4n) is 4.32. The Hall–Kier alpha value is -3.03. The SMILES string of the molecule is Cc1ccc(C)c(C(O)=C2C(=O)C(=O)N(CC[NH+]3CCOCC3)[C@@H]2c2cccnc2)c1. The number of hydrogen-bond donors (Lipinski definition) is 2. The number of Topliss-reactive ketones (excluding diaryl/α,β-unsaturated/α-hetero) is 1. The highest BCUT2D eigenvalue weighted by Gasteiger charge is 2.46. The van der Waals surface area contributed by atoms with E-state index in [1.807, 2.05) is 38.1 Å². The van der Waals surface area contributed by atoms with E-state index in [9.17, 15) is 14.7 Å². The van der Waals surface area contributed by atoms with Gasteiger partial charge in [-0.15, -0.1) is 0 Å². The lowest BCUT2D eigenvalue weighted by molar-refractivity contribution is -0.907. The van der Waals surface area contributed by atoms with E-state index in [0.717, 1.165) is 30.8 Å². The topological polar surface area (TPSA) is 84.2 Å². The molecule has 1 atom stereocenters. The zero-order valence-corrected chi connectivity index (χ0v) is 17.9. The summed E-state index contributed by atoms with van der Waals surface area (Å²) in [5.74, 6) is -1.35. The highest BCUT2D eigenvalue weighted by molar-refractivity contribution is 6.46. The van der Waals surface area contributed by atoms with Crippen LogP contribution in [0.5, 0.6) is 0 Å². The zero-order chi connectivity index (χ0) is 22.0. The van der Waals surface area contributed by atoms with E-state index in [-0.39, 0.29) is 11.3 Å². The minimum Gasteiger partial charge on any atom is -0.507 e. The minimum absolute atomic E-state index is 0.128. The summed E-state index contributed by atoms with van der Waals surface area (Å²) >= 11 is 0. The van der Waals surface area contributed by atoms with Gasteiger partial charge in [-0.25, -0.2) is 0 Å². The normalized spacial score (nSPS) is 21.6. The van der Waals surface area contributed by atoms with Crippen molar-refractivity contribution in [3.63, 3.8) is 0 Å². The smallest absolute Gasteiger partial charge is 0.295 e. The summed E-state index contributed by atoms with van der Waals surface area (Å²) in [6, 6.07) is 8.66. The van der Waals surface area contributed by atoms with Gasteiger partial charge in [0, 0.05) is 18.0 Å². The predicted octanol–water partition coefficient (Wildman–Crippen LogP) is 1.04. The van der Waals surface area contributed by atoms with Crippen LogP contribution in [0.15, 0.2) is 48.3 Å². The fraction of sp³-hybridized carbons (Fsp3) is 0.375. The number of hydrogen-bond acceptors (Lipinski definition) is 5. The Morgan fingerprint density at radius 1 is 1.23 bits per heavy atom. The minimum atomic E-state index is -0.658. The van der Waals surface area contributed by atoms with Gasteiger partial charge in [0.2, 0.25) is 0 Å². The number of ether oxygens (including phenoxy) is 1. The molecule has 0 bridgehead atoms. The largest absolute Gasteiger partial charge is 0.507 e. The lowest BCUT2D eigenvalue weighted by atomic mass is 9.94. The van der Waals surface area contributed by atoms with E-state index in [2.05, 4.69) is 4.98 Å². The second-order valence-corrected chi connectivity index (χ2v) is 8.21. The third kappa shape index (κ3) is 4.24. The van der Waals surface area contributed by atoms with Crippen molar-refractivity contribution >= 4 is 17.4 Å². The predicted molar refractivity (Wildman–Crippen MR) is 116 cm³/mol. The maximum Gasteiger partial charge on any atom is 0.295 e. The number of carbonyl (C=O) groups excluding carboxylic acids is 2. The monoisotopic (exact) mass is 422 g/mol. The number of benzene rings is 1. The van der Waals surface area contributed by atoms with Gasteiger partial charge in [-0.05, 0) is 37.1 Å². The van der Waals surface area contributed by atoms with Crippen LogP contribution in [0.25, 0.3) is 5.76 Å². The maximum atomic E-state index is 13.1. The molecule has 31 heavy (non-hydrogen) atoms. The van der Waals surface area contributed by atoms with E-state index in [0.29, 0.717) is 30.9 Å². The van der Waals surface area contributed by atoms with E-state index >= 15 is 0 Å². The van der Waals surface area contributed by atoms with Gasteiger partial charge in [0.15, 0.2) is 0 Å².